The van der Waals surface area contributed by atoms with Crippen molar-refractivity contribution in [1.29, 1.82) is 0 Å². The fourth-order valence-electron chi connectivity index (χ4n) is 2.07. The number of allylic oxidation sites excluding steroid dienone is 4. The molecule has 0 fully saturated rings. The highest BCUT2D eigenvalue weighted by molar-refractivity contribution is 5.75. The average Bonchev–Trinajstić information content (AvgIpc) is 2.47. The van der Waals surface area contributed by atoms with Crippen molar-refractivity contribution in [2.24, 2.45) is 5.92 Å². The third-order valence-electron chi connectivity index (χ3n) is 3.48. The summed E-state index contributed by atoms with van der Waals surface area (Å²) in [5, 5.41) is 6.10. The Hall–Kier alpha value is -1.55. The van der Waals surface area contributed by atoms with Gasteiger partial charge in [0.05, 0.1) is 7.11 Å². The van der Waals surface area contributed by atoms with E-state index < -0.39 is 0 Å². The van der Waals surface area contributed by atoms with E-state index in [-0.39, 0.29) is 12.0 Å². The molecule has 1 aliphatic rings. The first-order valence-electron chi connectivity index (χ1n) is 6.60. The van der Waals surface area contributed by atoms with E-state index in [1.54, 1.807) is 7.05 Å². The molecule has 0 amide bonds. The van der Waals surface area contributed by atoms with Crippen LogP contribution in [0.2, 0.25) is 0 Å². The minimum absolute atomic E-state index is 0.219. The molecular formula is C15H24N2O2. The lowest BCUT2D eigenvalue weighted by atomic mass is 9.91. The molecule has 0 saturated carbocycles. The smallest absolute Gasteiger partial charge is 0.323 e. The number of methoxy groups -OCH3 is 1. The van der Waals surface area contributed by atoms with Gasteiger partial charge in [0.15, 0.2) is 0 Å². The van der Waals surface area contributed by atoms with Gasteiger partial charge in [-0.15, -0.1) is 0 Å². The van der Waals surface area contributed by atoms with Crippen LogP contribution in [0.3, 0.4) is 0 Å². The van der Waals surface area contributed by atoms with E-state index in [1.807, 2.05) is 7.05 Å². The minimum Gasteiger partial charge on any atom is -0.468 e. The van der Waals surface area contributed by atoms with E-state index in [0.717, 1.165) is 12.1 Å². The maximum atomic E-state index is 11.5. The molecule has 0 aromatic carbocycles. The molecule has 0 aliphatic heterocycles. The van der Waals surface area contributed by atoms with Crippen molar-refractivity contribution in [3.8, 4) is 0 Å². The van der Waals surface area contributed by atoms with Crippen LogP contribution in [0.5, 0.6) is 0 Å². The van der Waals surface area contributed by atoms with Crippen LogP contribution in [0.1, 0.15) is 19.8 Å². The Morgan fingerprint density at radius 2 is 2.32 bits per heavy atom. The molecule has 1 rings (SSSR count). The highest BCUT2D eigenvalue weighted by Crippen LogP contribution is 2.22. The lowest BCUT2D eigenvalue weighted by molar-refractivity contribution is -0.142. The van der Waals surface area contributed by atoms with Crippen LogP contribution in [-0.4, -0.2) is 33.2 Å². The molecule has 106 valence electrons. The maximum absolute atomic E-state index is 11.5. The van der Waals surface area contributed by atoms with E-state index in [2.05, 4.69) is 41.9 Å². The zero-order chi connectivity index (χ0) is 14.3. The Labute approximate surface area is 115 Å². The van der Waals surface area contributed by atoms with Gasteiger partial charge >= 0.3 is 5.97 Å². The molecule has 1 aliphatic carbocycles. The predicted molar refractivity (Wildman–Crippen MR) is 77.6 cm³/mol. The van der Waals surface area contributed by atoms with E-state index in [0.29, 0.717) is 12.3 Å². The first-order valence-corrected chi connectivity index (χ1v) is 6.60. The van der Waals surface area contributed by atoms with Gasteiger partial charge in [0.2, 0.25) is 0 Å². The Morgan fingerprint density at radius 1 is 1.58 bits per heavy atom. The molecule has 2 atom stereocenters. The number of rotatable bonds is 6. The lowest BCUT2D eigenvalue weighted by Crippen LogP contribution is -2.34. The molecule has 0 spiro atoms. The minimum atomic E-state index is -0.268. The summed E-state index contributed by atoms with van der Waals surface area (Å²) in [5.41, 5.74) is 2.44. The summed E-state index contributed by atoms with van der Waals surface area (Å²) in [6.07, 6.45) is 10.3. The maximum Gasteiger partial charge on any atom is 0.323 e. The molecule has 0 saturated heterocycles. The third-order valence-corrected chi connectivity index (χ3v) is 3.48. The van der Waals surface area contributed by atoms with Crippen molar-refractivity contribution in [2.45, 2.75) is 25.8 Å². The first kappa shape index (κ1) is 15.5. The monoisotopic (exact) mass is 264 g/mol. The molecule has 0 heterocycles. The van der Waals surface area contributed by atoms with Crippen LogP contribution < -0.4 is 10.6 Å². The second kappa shape index (κ2) is 7.79. The molecule has 0 aromatic heterocycles. The van der Waals surface area contributed by atoms with Crippen LogP contribution in [0, 0.1) is 5.92 Å². The van der Waals surface area contributed by atoms with Crippen molar-refractivity contribution in [1.82, 2.24) is 10.6 Å². The molecule has 4 heteroatoms. The van der Waals surface area contributed by atoms with Crippen LogP contribution in [-0.2, 0) is 9.53 Å². The largest absolute Gasteiger partial charge is 0.468 e. The van der Waals surface area contributed by atoms with Gasteiger partial charge in [0.1, 0.15) is 6.04 Å². The van der Waals surface area contributed by atoms with Crippen molar-refractivity contribution in [2.75, 3.05) is 21.2 Å². The molecule has 0 bridgehead atoms. The zero-order valence-corrected chi connectivity index (χ0v) is 12.2. The normalized spacial score (nSPS) is 20.7. The number of hydrogen-bond donors (Lipinski definition) is 2. The highest BCUT2D eigenvalue weighted by atomic mass is 16.5. The molecule has 2 unspecified atom stereocenters. The number of carbonyl (C=O) groups excluding carboxylic acids is 1. The molecule has 0 radical (unpaired) electrons. The van der Waals surface area contributed by atoms with E-state index >= 15 is 0 Å². The SMILES string of the molecule is CNC1=CCC(/C(C)=C/CC(NC)C(=O)OC)C=C1. The summed E-state index contributed by atoms with van der Waals surface area (Å²) in [7, 11) is 5.11. The number of likely N-dealkylation sites (N-methyl/N-ethyl adjacent to an activating group) is 2. The van der Waals surface area contributed by atoms with Crippen LogP contribution in [0.25, 0.3) is 0 Å². The van der Waals surface area contributed by atoms with Gasteiger partial charge in [-0.25, -0.2) is 0 Å². The van der Waals surface area contributed by atoms with Gasteiger partial charge in [-0.2, -0.15) is 0 Å². The van der Waals surface area contributed by atoms with Crippen LogP contribution >= 0.6 is 0 Å². The molecule has 0 aromatic rings. The summed E-state index contributed by atoms with van der Waals surface area (Å²) in [5.74, 6) is 0.204. The average molecular weight is 264 g/mol. The summed E-state index contributed by atoms with van der Waals surface area (Å²) in [6.45, 7) is 2.11. The topological polar surface area (TPSA) is 50.4 Å². The Bertz CT molecular complexity index is 397. The standard InChI is InChI=1S/C15H24N2O2/c1-11(5-10-14(17-3)15(18)19-4)12-6-8-13(16-2)9-7-12/h5-6,8-9,12,14,16-17H,7,10H2,1-4H3/b11-5+. The van der Waals surface area contributed by atoms with E-state index in [4.69, 9.17) is 4.74 Å². The summed E-state index contributed by atoms with van der Waals surface area (Å²) in [6, 6.07) is -0.268. The predicted octanol–water partition coefficient (Wildman–Crippen LogP) is 1.76. The quantitative estimate of drug-likeness (QED) is 0.567. The van der Waals surface area contributed by atoms with Gasteiger partial charge in [-0.05, 0) is 32.9 Å². The molecule has 2 N–H and O–H groups in total. The fourth-order valence-corrected chi connectivity index (χ4v) is 2.07. The van der Waals surface area contributed by atoms with Gasteiger partial charge in [0, 0.05) is 18.7 Å². The second-order valence-electron chi connectivity index (χ2n) is 4.66. The third kappa shape index (κ3) is 4.56. The lowest BCUT2D eigenvalue weighted by Gasteiger charge is -2.18. The number of nitrogens with one attached hydrogen (secondary N) is 2. The fraction of sp³-hybridized carbons (Fsp3) is 0.533. The number of esters is 1. The summed E-state index contributed by atoms with van der Waals surface area (Å²) < 4.78 is 4.75. The number of carbonyl (C=O) groups is 1. The molecule has 4 nitrogen and oxygen atoms in total. The van der Waals surface area contributed by atoms with Crippen molar-refractivity contribution in [3.05, 3.63) is 35.6 Å². The van der Waals surface area contributed by atoms with Crippen molar-refractivity contribution in [3.63, 3.8) is 0 Å². The Kier molecular flexibility index (Phi) is 6.36. The molecular weight excluding hydrogens is 240 g/mol. The second-order valence-corrected chi connectivity index (χ2v) is 4.66. The van der Waals surface area contributed by atoms with E-state index in [9.17, 15) is 4.79 Å². The van der Waals surface area contributed by atoms with Crippen LogP contribution in [0.15, 0.2) is 35.6 Å². The highest BCUT2D eigenvalue weighted by Gasteiger charge is 2.16. The number of hydrogen-bond acceptors (Lipinski definition) is 4. The summed E-state index contributed by atoms with van der Waals surface area (Å²) in [4.78, 5) is 11.5. The Balaban J connectivity index is 2.56. The zero-order valence-electron chi connectivity index (χ0n) is 12.2. The van der Waals surface area contributed by atoms with Crippen molar-refractivity contribution < 1.29 is 9.53 Å². The van der Waals surface area contributed by atoms with E-state index in [1.165, 1.54) is 12.7 Å². The first-order chi connectivity index (χ1) is 9.12. The van der Waals surface area contributed by atoms with Gasteiger partial charge in [-0.1, -0.05) is 23.8 Å². The van der Waals surface area contributed by atoms with Crippen LogP contribution in [0.4, 0.5) is 0 Å². The van der Waals surface area contributed by atoms with Crippen molar-refractivity contribution >= 4 is 5.97 Å². The van der Waals surface area contributed by atoms with Gasteiger partial charge in [0.25, 0.3) is 0 Å². The Morgan fingerprint density at radius 3 is 2.79 bits per heavy atom. The molecule has 19 heavy (non-hydrogen) atoms. The number of ether oxygens (including phenoxy) is 1. The van der Waals surface area contributed by atoms with Gasteiger partial charge in [-0.3, -0.25) is 4.79 Å². The van der Waals surface area contributed by atoms with Gasteiger partial charge < -0.3 is 15.4 Å². The summed E-state index contributed by atoms with van der Waals surface area (Å²) >= 11 is 0.